The highest BCUT2D eigenvalue weighted by molar-refractivity contribution is 6.30. The van der Waals surface area contributed by atoms with E-state index in [1.807, 2.05) is 0 Å². The van der Waals surface area contributed by atoms with Crippen LogP contribution in [-0.2, 0) is 0 Å². The van der Waals surface area contributed by atoms with Crippen LogP contribution in [0.15, 0.2) is 54.7 Å². The number of hydrogen-bond acceptors (Lipinski definition) is 5. The third-order valence-corrected chi connectivity index (χ3v) is 5.24. The Morgan fingerprint density at radius 2 is 1.91 bits per heavy atom. The number of anilines is 1. The normalized spacial score (nSPS) is 11.6. The first-order valence-electron chi connectivity index (χ1n) is 10.1. The van der Waals surface area contributed by atoms with Gasteiger partial charge in [0, 0.05) is 28.8 Å². The molecule has 0 radical (unpaired) electrons. The molecule has 3 N–H and O–H groups in total. The molecule has 0 fully saturated rings. The monoisotopic (exact) mass is 489 g/mol. The number of aromatic nitrogens is 3. The van der Waals surface area contributed by atoms with Crippen LogP contribution in [0.4, 0.5) is 18.9 Å². The van der Waals surface area contributed by atoms with E-state index in [1.165, 1.54) is 10.6 Å². The van der Waals surface area contributed by atoms with Crippen molar-refractivity contribution in [2.75, 3.05) is 11.9 Å². The quantitative estimate of drug-likeness (QED) is 0.351. The summed E-state index contributed by atoms with van der Waals surface area (Å²) in [5.74, 6) is 0.0324. The van der Waals surface area contributed by atoms with Crippen LogP contribution in [0.2, 0.25) is 5.02 Å². The Labute approximate surface area is 197 Å². The third-order valence-electron chi connectivity index (χ3n) is 4.99. The van der Waals surface area contributed by atoms with Gasteiger partial charge in [0.2, 0.25) is 11.8 Å². The van der Waals surface area contributed by atoms with E-state index in [1.54, 1.807) is 55.6 Å². The summed E-state index contributed by atoms with van der Waals surface area (Å²) in [6.07, 6.45) is -3.78. The van der Waals surface area contributed by atoms with Crippen LogP contribution >= 0.6 is 11.6 Å². The fourth-order valence-electron chi connectivity index (χ4n) is 3.38. The Morgan fingerprint density at radius 3 is 2.56 bits per heavy atom. The molecule has 0 atom stereocenters. The summed E-state index contributed by atoms with van der Waals surface area (Å²) >= 11 is 5.91. The molecule has 0 aliphatic rings. The third kappa shape index (κ3) is 5.23. The molecule has 2 aromatic carbocycles. The van der Waals surface area contributed by atoms with Gasteiger partial charge in [0.15, 0.2) is 5.65 Å². The Morgan fingerprint density at radius 1 is 1.18 bits per heavy atom. The van der Waals surface area contributed by atoms with Gasteiger partial charge in [-0.15, -0.1) is 5.10 Å². The number of fused-ring (bicyclic) bond motifs is 1. The van der Waals surface area contributed by atoms with Crippen LogP contribution in [-0.4, -0.2) is 33.2 Å². The topological polar surface area (TPSA) is 94.5 Å². The lowest BCUT2D eigenvalue weighted by Gasteiger charge is -2.13. The van der Waals surface area contributed by atoms with E-state index in [4.69, 9.17) is 22.1 Å². The van der Waals surface area contributed by atoms with Crippen molar-refractivity contribution in [3.63, 3.8) is 0 Å². The van der Waals surface area contributed by atoms with E-state index < -0.39 is 18.5 Å². The van der Waals surface area contributed by atoms with E-state index in [-0.39, 0.29) is 12.4 Å². The summed E-state index contributed by atoms with van der Waals surface area (Å²) in [5, 5.41) is 7.78. The van der Waals surface area contributed by atoms with E-state index in [0.29, 0.717) is 44.5 Å². The molecule has 0 saturated carbocycles. The van der Waals surface area contributed by atoms with Crippen molar-refractivity contribution in [1.29, 1.82) is 0 Å². The lowest BCUT2D eigenvalue weighted by Crippen LogP contribution is -2.15. The number of hydrogen-bond donors (Lipinski definition) is 2. The SMILES string of the molecule is Cc1cc(-c2cnc3c(NCCC(F)(F)F)cc(Oc4ccc(Cl)cc4)nn23)ccc1C(N)=O. The molecular weight excluding hydrogens is 471 g/mol. The van der Waals surface area contributed by atoms with Crippen LogP contribution < -0.4 is 15.8 Å². The second kappa shape index (κ2) is 9.22. The molecule has 0 unspecified atom stereocenters. The minimum atomic E-state index is -4.31. The molecule has 34 heavy (non-hydrogen) atoms. The second-order valence-electron chi connectivity index (χ2n) is 7.52. The van der Waals surface area contributed by atoms with Gasteiger partial charge in [-0.2, -0.15) is 13.2 Å². The number of ether oxygens (including phenoxy) is 1. The molecule has 176 valence electrons. The number of nitrogens with zero attached hydrogens (tertiary/aromatic N) is 3. The van der Waals surface area contributed by atoms with Gasteiger partial charge in [0.25, 0.3) is 0 Å². The predicted octanol–water partition coefficient (Wildman–Crippen LogP) is 5.61. The molecule has 0 aliphatic carbocycles. The van der Waals surface area contributed by atoms with E-state index in [0.717, 1.165) is 0 Å². The predicted molar refractivity (Wildman–Crippen MR) is 122 cm³/mol. The molecule has 4 rings (SSSR count). The molecule has 7 nitrogen and oxygen atoms in total. The fourth-order valence-corrected chi connectivity index (χ4v) is 3.51. The van der Waals surface area contributed by atoms with Crippen LogP contribution in [0, 0.1) is 6.92 Å². The van der Waals surface area contributed by atoms with Crippen LogP contribution in [0.1, 0.15) is 22.3 Å². The number of imidazole rings is 1. The Balaban J connectivity index is 1.77. The molecule has 0 aliphatic heterocycles. The van der Waals surface area contributed by atoms with Gasteiger partial charge >= 0.3 is 6.18 Å². The van der Waals surface area contributed by atoms with Gasteiger partial charge in [0.05, 0.1) is 24.0 Å². The molecular formula is C23H19ClF3N5O2. The standard InChI is InChI=1S/C23H19ClF3N5O2/c1-13-10-14(2-7-17(13)21(28)33)19-12-30-22-18(29-9-8-23(25,26)27)11-20(31-32(19)22)34-16-5-3-15(24)4-6-16/h2-7,10-12,29H,8-9H2,1H3,(H2,28,33). The number of alkyl halides is 3. The van der Waals surface area contributed by atoms with Gasteiger partial charge in [-0.3, -0.25) is 4.79 Å². The zero-order valence-electron chi connectivity index (χ0n) is 17.9. The number of nitrogens with one attached hydrogen (secondary N) is 1. The number of benzene rings is 2. The summed E-state index contributed by atoms with van der Waals surface area (Å²) in [7, 11) is 0. The summed E-state index contributed by atoms with van der Waals surface area (Å²) in [6.45, 7) is 1.40. The molecule has 2 heterocycles. The number of carbonyl (C=O) groups is 1. The maximum absolute atomic E-state index is 12.7. The van der Waals surface area contributed by atoms with Crippen LogP contribution in [0.3, 0.4) is 0 Å². The Hall–Kier alpha value is -3.79. The number of nitrogens with two attached hydrogens (primary N) is 1. The van der Waals surface area contributed by atoms with Gasteiger partial charge in [-0.05, 0) is 48.9 Å². The first kappa shape index (κ1) is 23.4. The van der Waals surface area contributed by atoms with E-state index >= 15 is 0 Å². The lowest BCUT2D eigenvalue weighted by molar-refractivity contribution is -0.131. The van der Waals surface area contributed by atoms with Crippen molar-refractivity contribution in [1.82, 2.24) is 14.6 Å². The molecule has 0 bridgehead atoms. The number of rotatable bonds is 7. The van der Waals surface area contributed by atoms with Crippen LogP contribution in [0.5, 0.6) is 11.6 Å². The molecule has 11 heteroatoms. The first-order valence-corrected chi connectivity index (χ1v) is 10.5. The second-order valence-corrected chi connectivity index (χ2v) is 7.95. The van der Waals surface area contributed by atoms with Crippen molar-refractivity contribution < 1.29 is 22.7 Å². The van der Waals surface area contributed by atoms with Gasteiger partial charge < -0.3 is 15.8 Å². The zero-order chi connectivity index (χ0) is 24.5. The molecule has 4 aromatic rings. The van der Waals surface area contributed by atoms with Gasteiger partial charge in [-0.1, -0.05) is 17.7 Å². The average molecular weight is 490 g/mol. The molecule has 2 aromatic heterocycles. The summed E-state index contributed by atoms with van der Waals surface area (Å²) in [6, 6.07) is 13.1. The highest BCUT2D eigenvalue weighted by Gasteiger charge is 2.26. The molecule has 0 saturated heterocycles. The van der Waals surface area contributed by atoms with E-state index in [2.05, 4.69) is 15.4 Å². The van der Waals surface area contributed by atoms with Crippen molar-refractivity contribution in [2.24, 2.45) is 5.73 Å². The van der Waals surface area contributed by atoms with Gasteiger partial charge in [0.1, 0.15) is 5.75 Å². The maximum Gasteiger partial charge on any atom is 0.390 e. The van der Waals surface area contributed by atoms with Gasteiger partial charge in [-0.25, -0.2) is 9.50 Å². The summed E-state index contributed by atoms with van der Waals surface area (Å²) in [4.78, 5) is 15.9. The summed E-state index contributed by atoms with van der Waals surface area (Å²) < 4.78 is 45.3. The average Bonchev–Trinajstić information content (AvgIpc) is 3.18. The highest BCUT2D eigenvalue weighted by Crippen LogP contribution is 2.30. The number of primary amides is 1. The Kier molecular flexibility index (Phi) is 6.34. The number of aryl methyl sites for hydroxylation is 1. The number of halogens is 4. The summed E-state index contributed by atoms with van der Waals surface area (Å²) in [5.41, 5.74) is 8.31. The fraction of sp³-hybridized carbons (Fsp3) is 0.174. The van der Waals surface area contributed by atoms with Crippen molar-refractivity contribution in [2.45, 2.75) is 19.5 Å². The van der Waals surface area contributed by atoms with Crippen molar-refractivity contribution in [3.05, 3.63) is 70.9 Å². The number of carbonyl (C=O) groups excluding carboxylic acids is 1. The first-order chi connectivity index (χ1) is 16.1. The molecule has 1 amide bonds. The van der Waals surface area contributed by atoms with Crippen molar-refractivity contribution >= 4 is 28.8 Å². The van der Waals surface area contributed by atoms with Crippen LogP contribution in [0.25, 0.3) is 16.9 Å². The van der Waals surface area contributed by atoms with E-state index in [9.17, 15) is 18.0 Å². The lowest BCUT2D eigenvalue weighted by atomic mass is 10.0. The maximum atomic E-state index is 12.7. The minimum Gasteiger partial charge on any atom is -0.438 e. The molecule has 0 spiro atoms. The smallest absolute Gasteiger partial charge is 0.390 e. The minimum absolute atomic E-state index is 0.133. The largest absolute Gasteiger partial charge is 0.438 e. The van der Waals surface area contributed by atoms with Crippen molar-refractivity contribution in [3.8, 4) is 22.9 Å². The Bertz CT molecular complexity index is 1350. The zero-order valence-corrected chi connectivity index (χ0v) is 18.6. The highest BCUT2D eigenvalue weighted by atomic mass is 35.5. The number of amides is 1.